The van der Waals surface area contributed by atoms with E-state index in [1.807, 2.05) is 0 Å². The lowest BCUT2D eigenvalue weighted by molar-refractivity contribution is -0.137. The second-order valence-corrected chi connectivity index (χ2v) is 11.8. The van der Waals surface area contributed by atoms with Gasteiger partial charge in [0.2, 0.25) is 0 Å². The number of nitrogens with one attached hydrogen (secondary N) is 2. The number of anilines is 4. The van der Waals surface area contributed by atoms with Crippen LogP contribution in [0.25, 0.3) is 0 Å². The minimum atomic E-state index is -4.40. The molecule has 204 valence electrons. The lowest BCUT2D eigenvalue weighted by Gasteiger charge is -2.37. The molecule has 0 aliphatic carbocycles. The van der Waals surface area contributed by atoms with Crippen molar-refractivity contribution in [2.24, 2.45) is 17.6 Å². The van der Waals surface area contributed by atoms with Crippen LogP contribution >= 0.6 is 24.2 Å². The summed E-state index contributed by atoms with van der Waals surface area (Å²) in [7, 11) is 0. The van der Waals surface area contributed by atoms with Crippen LogP contribution in [0.5, 0.6) is 0 Å². The maximum atomic E-state index is 13.8. The molecule has 0 saturated carbocycles. The van der Waals surface area contributed by atoms with Gasteiger partial charge in [-0.1, -0.05) is 25.6 Å². The molecule has 3 aliphatic heterocycles. The van der Waals surface area contributed by atoms with Crippen molar-refractivity contribution in [2.45, 2.75) is 55.1 Å². The van der Waals surface area contributed by atoms with Gasteiger partial charge in [0.05, 0.1) is 22.6 Å². The lowest BCUT2D eigenvalue weighted by Crippen LogP contribution is -2.41. The number of likely N-dealkylation sites (tertiary alicyclic amines) is 1. The van der Waals surface area contributed by atoms with Crippen LogP contribution in [0.1, 0.15) is 38.7 Å². The number of fused-ring (bicyclic) bond motifs is 2. The molecule has 2 unspecified atom stereocenters. The zero-order valence-electron chi connectivity index (χ0n) is 21.4. The summed E-state index contributed by atoms with van der Waals surface area (Å²) in [4.78, 5) is 6.29. The molecule has 0 bridgehead atoms. The number of rotatable bonds is 5. The van der Waals surface area contributed by atoms with E-state index in [-0.39, 0.29) is 18.4 Å². The molecular formula is C27H37ClF3N5S. The third kappa shape index (κ3) is 6.44. The second-order valence-electron chi connectivity index (χ2n) is 10.7. The summed E-state index contributed by atoms with van der Waals surface area (Å²) in [5.41, 5.74) is 8.40. The van der Waals surface area contributed by atoms with Crippen LogP contribution < -0.4 is 21.3 Å². The average molecular weight is 556 g/mol. The number of hydrogen-bond donors (Lipinski definition) is 3. The van der Waals surface area contributed by atoms with Gasteiger partial charge in [0.25, 0.3) is 0 Å². The maximum Gasteiger partial charge on any atom is 0.416 e. The molecule has 10 heteroatoms. The molecule has 2 saturated heterocycles. The number of nitrogens with two attached hydrogens (primary N) is 1. The summed E-state index contributed by atoms with van der Waals surface area (Å²) in [6, 6.07) is 8.99. The van der Waals surface area contributed by atoms with E-state index in [0.29, 0.717) is 29.0 Å². The van der Waals surface area contributed by atoms with Gasteiger partial charge >= 0.3 is 6.18 Å². The van der Waals surface area contributed by atoms with Gasteiger partial charge in [0.1, 0.15) is 0 Å². The van der Waals surface area contributed by atoms with Gasteiger partial charge in [-0.2, -0.15) is 13.2 Å². The number of hydrogen-bond acceptors (Lipinski definition) is 6. The highest BCUT2D eigenvalue weighted by molar-refractivity contribution is 7.99. The Morgan fingerprint density at radius 2 is 1.76 bits per heavy atom. The van der Waals surface area contributed by atoms with Crippen molar-refractivity contribution in [1.29, 1.82) is 0 Å². The molecule has 2 aromatic carbocycles. The molecule has 5 rings (SSSR count). The van der Waals surface area contributed by atoms with Gasteiger partial charge < -0.3 is 26.2 Å². The average Bonchev–Trinajstić information content (AvgIpc) is 2.82. The number of nitrogens with zero attached hydrogens (tertiary/aromatic N) is 2. The molecule has 4 N–H and O–H groups in total. The zero-order valence-corrected chi connectivity index (χ0v) is 23.0. The van der Waals surface area contributed by atoms with E-state index in [9.17, 15) is 13.2 Å². The van der Waals surface area contributed by atoms with Crippen molar-refractivity contribution in [3.8, 4) is 0 Å². The molecule has 0 amide bonds. The Labute approximate surface area is 228 Å². The summed E-state index contributed by atoms with van der Waals surface area (Å²) in [5.74, 6) is 1.25. The van der Waals surface area contributed by atoms with E-state index in [1.165, 1.54) is 30.3 Å². The summed E-state index contributed by atoms with van der Waals surface area (Å²) in [6.07, 6.45) is -1.42. The third-order valence-electron chi connectivity index (χ3n) is 7.50. The first kappa shape index (κ1) is 28.2. The van der Waals surface area contributed by atoms with E-state index < -0.39 is 11.7 Å². The normalized spacial score (nSPS) is 22.5. The predicted molar refractivity (Wildman–Crippen MR) is 150 cm³/mol. The number of halogens is 4. The minimum absolute atomic E-state index is 0. The zero-order chi connectivity index (χ0) is 25.4. The van der Waals surface area contributed by atoms with E-state index >= 15 is 0 Å². The van der Waals surface area contributed by atoms with E-state index in [1.54, 1.807) is 0 Å². The van der Waals surface area contributed by atoms with Crippen molar-refractivity contribution in [3.05, 3.63) is 35.9 Å². The van der Waals surface area contributed by atoms with Crippen LogP contribution in [0.3, 0.4) is 0 Å². The van der Waals surface area contributed by atoms with Crippen LogP contribution in [-0.4, -0.2) is 50.2 Å². The number of benzene rings is 2. The lowest BCUT2D eigenvalue weighted by atomic mass is 9.91. The van der Waals surface area contributed by atoms with E-state index in [4.69, 9.17) is 5.73 Å². The fourth-order valence-electron chi connectivity index (χ4n) is 5.83. The monoisotopic (exact) mass is 555 g/mol. The third-order valence-corrected chi connectivity index (χ3v) is 8.60. The first-order chi connectivity index (χ1) is 17.2. The maximum absolute atomic E-state index is 13.8. The molecule has 3 aliphatic rings. The highest BCUT2D eigenvalue weighted by Gasteiger charge is 2.34. The summed E-state index contributed by atoms with van der Waals surface area (Å²) >= 11 is 1.42. The molecule has 2 fully saturated rings. The first-order valence-electron chi connectivity index (χ1n) is 13.0. The molecule has 2 atom stereocenters. The Balaban J connectivity index is 0.00000320. The molecule has 0 aromatic heterocycles. The van der Waals surface area contributed by atoms with E-state index in [2.05, 4.69) is 52.5 Å². The SMILES string of the molecule is CC1CC(C)CN(c2ccc3c(c2)Sc2cc(C(F)(F)F)cc(NC4CCN(CCN)CC4)c2N3)C1.Cl. The van der Waals surface area contributed by atoms with Crippen LogP contribution in [0.15, 0.2) is 40.1 Å². The summed E-state index contributed by atoms with van der Waals surface area (Å²) < 4.78 is 41.5. The molecule has 5 nitrogen and oxygen atoms in total. The Morgan fingerprint density at radius 1 is 1.05 bits per heavy atom. The smallest absolute Gasteiger partial charge is 0.380 e. The fraction of sp³-hybridized carbons (Fsp3) is 0.556. The molecule has 0 spiro atoms. The van der Waals surface area contributed by atoms with Gasteiger partial charge in [-0.25, -0.2) is 0 Å². The van der Waals surface area contributed by atoms with Gasteiger partial charge in [-0.05, 0) is 61.4 Å². The quantitative estimate of drug-likeness (QED) is 0.327. The summed E-state index contributed by atoms with van der Waals surface area (Å²) in [6.45, 7) is 9.86. The van der Waals surface area contributed by atoms with Crippen LogP contribution in [-0.2, 0) is 6.18 Å². The minimum Gasteiger partial charge on any atom is -0.380 e. The molecule has 37 heavy (non-hydrogen) atoms. The highest BCUT2D eigenvalue weighted by Crippen LogP contribution is 2.50. The molecule has 3 heterocycles. The second kappa shape index (κ2) is 11.5. The largest absolute Gasteiger partial charge is 0.416 e. The van der Waals surface area contributed by atoms with Crippen molar-refractivity contribution >= 4 is 46.9 Å². The fourth-order valence-corrected chi connectivity index (χ4v) is 6.92. The predicted octanol–water partition coefficient (Wildman–Crippen LogP) is 6.65. The highest BCUT2D eigenvalue weighted by atomic mass is 35.5. The number of piperidine rings is 2. The van der Waals surface area contributed by atoms with Crippen LogP contribution in [0.2, 0.25) is 0 Å². The molecular weight excluding hydrogens is 519 g/mol. The van der Waals surface area contributed by atoms with Crippen molar-refractivity contribution < 1.29 is 13.2 Å². The van der Waals surface area contributed by atoms with Crippen LogP contribution in [0.4, 0.5) is 35.9 Å². The van der Waals surface area contributed by atoms with Crippen molar-refractivity contribution in [3.63, 3.8) is 0 Å². The topological polar surface area (TPSA) is 56.6 Å². The van der Waals surface area contributed by atoms with E-state index in [0.717, 1.165) is 67.5 Å². The Morgan fingerprint density at radius 3 is 2.41 bits per heavy atom. The van der Waals surface area contributed by atoms with Gasteiger partial charge in [0.15, 0.2) is 0 Å². The molecule has 0 radical (unpaired) electrons. The van der Waals surface area contributed by atoms with Gasteiger partial charge in [-0.3, -0.25) is 0 Å². The number of alkyl halides is 3. The Hall–Kier alpha value is -1.81. The van der Waals surface area contributed by atoms with Crippen molar-refractivity contribution in [1.82, 2.24) is 4.90 Å². The van der Waals surface area contributed by atoms with Crippen molar-refractivity contribution in [2.75, 3.05) is 54.8 Å². The van der Waals surface area contributed by atoms with Gasteiger partial charge in [-0.15, -0.1) is 12.4 Å². The summed E-state index contributed by atoms with van der Waals surface area (Å²) in [5, 5.41) is 6.90. The standard InChI is InChI=1S/C27H36F3N5S.ClH/c1-17-11-18(2)16-35(15-17)21-3-4-22-24(14-21)36-25-13-19(27(28,29)30)12-23(26(25)33-22)32-20-5-8-34(9-6-20)10-7-31;/h3-4,12-14,17-18,20,32-33H,5-11,15-16,31H2,1-2H3;1H. The Kier molecular flexibility index (Phi) is 8.78. The Bertz CT molecular complexity index is 1080. The first-order valence-corrected chi connectivity index (χ1v) is 13.8. The van der Waals surface area contributed by atoms with Crippen LogP contribution in [0, 0.1) is 11.8 Å². The van der Waals surface area contributed by atoms with Gasteiger partial charge in [0, 0.05) is 60.8 Å². The molecule has 2 aromatic rings.